The normalized spacial score (nSPS) is 24.3. The fourth-order valence-electron chi connectivity index (χ4n) is 8.01. The van der Waals surface area contributed by atoms with Crippen LogP contribution in [0.3, 0.4) is 0 Å². The highest BCUT2D eigenvalue weighted by molar-refractivity contribution is 8.77. The zero-order valence-corrected chi connectivity index (χ0v) is 43.7. The maximum absolute atomic E-state index is 14.1. The standard InChI is InChI=1S/C44H69N15O15S2/c1-22(2)59-23(17-52-58-59)11-12-33(61)54-30-21-75-76-32(43(73)74)19-50-40(70)28(15-35(63)64)57-37(67)25-8-5-7-24(25)31(60)18-49-38(68)26(9-3-4-13-45)55-41(71)29(16-36(65)66)53-34(62)20-51-39(69)27(56-42(30)72)10-6-14-48-44(46)47/h17,22,24-30,32H,3-16,18-21,45H2,1-2H3,(H,49,68)(H,50,70)(H,51,69)(H,53,62)(H,54,61)(H,55,71)(H,56,72)(H,57,67)(H,63,64)(H,65,66)(H,73,74)(H4,46,47,48)/t24?,25-,26+,27+,28+,29+,30+,32-/m1/s1. The molecule has 1 aliphatic heterocycles. The summed E-state index contributed by atoms with van der Waals surface area (Å²) >= 11 is 0. The van der Waals surface area contributed by atoms with E-state index < -0.39 is 157 Å². The minimum absolute atomic E-state index is 0.0368. The number of aliphatic carboxylic acids is 3. The molecular formula is C44H69N15O15S2. The van der Waals surface area contributed by atoms with Gasteiger partial charge in [0.2, 0.25) is 47.3 Å². The molecule has 1 unspecified atom stereocenters. The maximum atomic E-state index is 14.1. The fraction of sp³-hybridized carbons (Fsp3) is 0.659. The monoisotopic (exact) mass is 1110 g/mol. The first-order valence-electron chi connectivity index (χ1n) is 24.5. The number of amides is 8. The number of aromatic nitrogens is 3. The number of unbranched alkanes of at least 4 members (excludes halogenated alkanes) is 1. The van der Waals surface area contributed by atoms with Gasteiger partial charge in [-0.05, 0) is 71.8 Å². The predicted octanol–water partition coefficient (Wildman–Crippen LogP) is -4.26. The summed E-state index contributed by atoms with van der Waals surface area (Å²) in [6.07, 6.45) is 0.700. The number of aryl methyl sites for hydroxylation is 1. The number of carboxylic acids is 3. The van der Waals surface area contributed by atoms with Gasteiger partial charge in [-0.3, -0.25) is 62.9 Å². The van der Waals surface area contributed by atoms with Gasteiger partial charge in [0.1, 0.15) is 35.5 Å². The van der Waals surface area contributed by atoms with E-state index in [1.807, 2.05) is 13.8 Å². The van der Waals surface area contributed by atoms with E-state index in [0.717, 1.165) is 10.8 Å². The third-order valence-electron chi connectivity index (χ3n) is 11.9. The quantitative estimate of drug-likeness (QED) is 0.0286. The van der Waals surface area contributed by atoms with E-state index in [0.29, 0.717) is 29.3 Å². The molecule has 2 aliphatic rings. The van der Waals surface area contributed by atoms with Gasteiger partial charge in [-0.15, -0.1) is 5.10 Å². The molecule has 1 saturated carbocycles. The van der Waals surface area contributed by atoms with Crippen LogP contribution in [0, 0.1) is 17.2 Å². The van der Waals surface area contributed by atoms with Gasteiger partial charge in [-0.1, -0.05) is 33.2 Å². The Labute approximate surface area is 444 Å². The number of fused-ring (bicyclic) bond motifs is 1. The third kappa shape index (κ3) is 22.0. The second-order valence-electron chi connectivity index (χ2n) is 18.1. The molecule has 0 aromatic carbocycles. The van der Waals surface area contributed by atoms with E-state index in [9.17, 15) is 72.9 Å². The molecule has 2 heterocycles. The number of ketones is 1. The van der Waals surface area contributed by atoms with E-state index in [1.165, 1.54) is 6.20 Å². The van der Waals surface area contributed by atoms with Crippen molar-refractivity contribution >= 4 is 98.5 Å². The minimum atomic E-state index is -1.81. The van der Waals surface area contributed by atoms with Crippen molar-refractivity contribution in [3.05, 3.63) is 11.9 Å². The average Bonchev–Trinajstić information content (AvgIpc) is 4.05. The highest BCUT2D eigenvalue weighted by Crippen LogP contribution is 2.33. The van der Waals surface area contributed by atoms with Crippen LogP contribution in [-0.4, -0.2) is 181 Å². The molecule has 17 N–H and O–H groups in total. The lowest BCUT2D eigenvalue weighted by Gasteiger charge is -2.24. The largest absolute Gasteiger partial charge is 0.481 e. The van der Waals surface area contributed by atoms with Crippen molar-refractivity contribution in [2.75, 3.05) is 38.5 Å². The van der Waals surface area contributed by atoms with Crippen LogP contribution in [0.25, 0.3) is 0 Å². The number of hydrogen-bond donors (Lipinski definition) is 15. The molecule has 8 atom stereocenters. The van der Waals surface area contributed by atoms with E-state index >= 15 is 0 Å². The molecule has 1 aromatic rings. The van der Waals surface area contributed by atoms with E-state index in [-0.39, 0.29) is 76.3 Å². The van der Waals surface area contributed by atoms with Crippen molar-refractivity contribution in [1.29, 1.82) is 5.41 Å². The first kappa shape index (κ1) is 63.2. The number of nitrogens with zero attached hydrogens (tertiary/aromatic N) is 3. The highest BCUT2D eigenvalue weighted by Gasteiger charge is 2.40. The van der Waals surface area contributed by atoms with Gasteiger partial charge < -0.3 is 74.6 Å². The van der Waals surface area contributed by atoms with Gasteiger partial charge in [0.05, 0.1) is 37.8 Å². The third-order valence-corrected chi connectivity index (χ3v) is 14.6. The highest BCUT2D eigenvalue weighted by atomic mass is 33.1. The van der Waals surface area contributed by atoms with Gasteiger partial charge in [0.25, 0.3) is 0 Å². The zero-order chi connectivity index (χ0) is 56.5. The Kier molecular flexibility index (Phi) is 26.9. The van der Waals surface area contributed by atoms with Gasteiger partial charge in [0, 0.05) is 43.1 Å². The summed E-state index contributed by atoms with van der Waals surface area (Å²) in [7, 11) is 1.43. The second-order valence-corrected chi connectivity index (χ2v) is 20.8. The summed E-state index contributed by atoms with van der Waals surface area (Å²) in [4.78, 5) is 159. The Hall–Kier alpha value is -7.09. The Bertz CT molecular complexity index is 2270. The van der Waals surface area contributed by atoms with Crippen molar-refractivity contribution in [2.24, 2.45) is 23.3 Å². The lowest BCUT2D eigenvalue weighted by molar-refractivity contribution is -0.142. The molecule has 0 bridgehead atoms. The Morgan fingerprint density at radius 1 is 0.776 bits per heavy atom. The van der Waals surface area contributed by atoms with Crippen LogP contribution in [0.2, 0.25) is 0 Å². The van der Waals surface area contributed by atoms with Crippen molar-refractivity contribution in [3.63, 3.8) is 0 Å². The van der Waals surface area contributed by atoms with Crippen molar-refractivity contribution in [2.45, 2.75) is 132 Å². The van der Waals surface area contributed by atoms with Crippen molar-refractivity contribution in [3.8, 4) is 0 Å². The first-order chi connectivity index (χ1) is 36.0. The molecule has 76 heavy (non-hydrogen) atoms. The number of carbonyl (C=O) groups is 12. The molecule has 8 amide bonds. The summed E-state index contributed by atoms with van der Waals surface area (Å²) in [5.41, 5.74) is 11.6. The number of carbonyl (C=O) groups excluding carboxylic acids is 9. The van der Waals surface area contributed by atoms with Crippen LogP contribution in [0.1, 0.15) is 96.2 Å². The van der Waals surface area contributed by atoms with Crippen LogP contribution in [-0.2, 0) is 64.0 Å². The zero-order valence-electron chi connectivity index (χ0n) is 42.1. The maximum Gasteiger partial charge on any atom is 0.319 e. The Morgan fingerprint density at radius 3 is 1.99 bits per heavy atom. The van der Waals surface area contributed by atoms with Crippen LogP contribution in [0.15, 0.2) is 6.20 Å². The summed E-state index contributed by atoms with van der Waals surface area (Å²) in [5.74, 6) is -15.5. The number of guanidine groups is 1. The molecule has 32 heteroatoms. The minimum Gasteiger partial charge on any atom is -0.481 e. The van der Waals surface area contributed by atoms with Gasteiger partial charge in [0.15, 0.2) is 11.7 Å². The average molecular weight is 1110 g/mol. The van der Waals surface area contributed by atoms with Crippen LogP contribution < -0.4 is 59.3 Å². The topological polar surface area (TPSA) is 480 Å². The van der Waals surface area contributed by atoms with Gasteiger partial charge in [-0.2, -0.15) is 0 Å². The number of hydrogen-bond acceptors (Lipinski definition) is 18. The number of nitrogens with two attached hydrogens (primary N) is 2. The van der Waals surface area contributed by atoms with Crippen molar-refractivity contribution in [1.82, 2.24) is 62.8 Å². The van der Waals surface area contributed by atoms with Crippen molar-refractivity contribution < 1.29 is 72.9 Å². The summed E-state index contributed by atoms with van der Waals surface area (Å²) in [6, 6.07) is -8.00. The van der Waals surface area contributed by atoms with Crippen LogP contribution >= 0.6 is 21.6 Å². The van der Waals surface area contributed by atoms with E-state index in [1.54, 1.807) is 4.68 Å². The molecule has 0 radical (unpaired) electrons. The summed E-state index contributed by atoms with van der Waals surface area (Å²) in [5, 5.41) is 65.1. The fourth-order valence-corrected chi connectivity index (χ4v) is 10.4. The van der Waals surface area contributed by atoms with Gasteiger partial charge in [-0.25, -0.2) is 4.68 Å². The lowest BCUT2D eigenvalue weighted by Crippen LogP contribution is -2.57. The molecule has 1 aliphatic carbocycles. The number of nitrogens with one attached hydrogen (secondary N) is 10. The Balaban J connectivity index is 2.02. The summed E-state index contributed by atoms with van der Waals surface area (Å²) in [6.45, 7) is 1.80. The van der Waals surface area contributed by atoms with Crippen LogP contribution in [0.4, 0.5) is 0 Å². The molecule has 1 saturated heterocycles. The molecule has 30 nitrogen and oxygen atoms in total. The Morgan fingerprint density at radius 2 is 1.37 bits per heavy atom. The summed E-state index contributed by atoms with van der Waals surface area (Å²) < 4.78 is 1.59. The smallest absolute Gasteiger partial charge is 0.319 e. The van der Waals surface area contributed by atoms with E-state index in [2.05, 4.69) is 58.2 Å². The molecule has 3 rings (SSSR count). The number of carboxylic acid groups (broad SMARTS) is 3. The number of Topliss-reactive ketones (excluding diaryl/α,β-unsaturated/α-hetero) is 1. The predicted molar refractivity (Wildman–Crippen MR) is 271 cm³/mol. The number of rotatable bonds is 18. The molecule has 1 aromatic heterocycles. The second kappa shape index (κ2) is 32.4. The molecular weight excluding hydrogens is 1040 g/mol. The SMILES string of the molecule is CC(C)n1nncc1CCC(=O)N[C@H]1CSS[C@@H](C(=O)O)CNC(=O)[C@H](CC(=O)O)NC(=O)[C@@H]2CCCC2C(=O)CNC(=O)[C@H](CCCCN)NC(=O)[C@H](CC(=O)O)NC(=O)CNC(=O)[C@H](CCCNC(=N)N)NC1=O. The van der Waals surface area contributed by atoms with Crippen LogP contribution in [0.5, 0.6) is 0 Å². The van der Waals surface area contributed by atoms with Gasteiger partial charge >= 0.3 is 17.9 Å². The molecule has 0 spiro atoms. The lowest BCUT2D eigenvalue weighted by atomic mass is 9.90. The first-order valence-corrected chi connectivity index (χ1v) is 26.9. The molecule has 2 fully saturated rings. The van der Waals surface area contributed by atoms with E-state index in [4.69, 9.17) is 16.9 Å². The molecule has 422 valence electrons.